The van der Waals surface area contributed by atoms with Crippen molar-refractivity contribution in [2.75, 3.05) is 0 Å². The molecule has 0 saturated carbocycles. The Balaban J connectivity index is 0.000000562. The molecular formula is C13H15Li. The monoisotopic (exact) mass is 178 g/mol. The van der Waals surface area contributed by atoms with E-state index in [1.807, 2.05) is 0 Å². The molecule has 0 aliphatic heterocycles. The number of allylic oxidation sites excluding steroid dienone is 1. The fourth-order valence-electron chi connectivity index (χ4n) is 2.55. The largest absolute Gasteiger partial charge is 1.00 e. The Morgan fingerprint density at radius 2 is 1.93 bits per heavy atom. The average molecular weight is 178 g/mol. The quantitative estimate of drug-likeness (QED) is 0.505. The molecule has 2 aliphatic rings. The van der Waals surface area contributed by atoms with E-state index in [1.54, 1.807) is 16.7 Å². The molecular weight excluding hydrogens is 163 g/mol. The molecule has 1 unspecified atom stereocenters. The van der Waals surface area contributed by atoms with Crippen molar-refractivity contribution >= 4 is 6.08 Å². The van der Waals surface area contributed by atoms with E-state index in [1.165, 1.54) is 24.8 Å². The summed E-state index contributed by atoms with van der Waals surface area (Å²) in [6.45, 7) is 2.28. The van der Waals surface area contributed by atoms with E-state index in [0.717, 1.165) is 0 Å². The third-order valence-electron chi connectivity index (χ3n) is 3.35. The Morgan fingerprint density at radius 1 is 1.21 bits per heavy atom. The molecule has 0 bridgehead atoms. The van der Waals surface area contributed by atoms with Crippen LogP contribution in [0.4, 0.5) is 0 Å². The van der Waals surface area contributed by atoms with Crippen molar-refractivity contribution < 1.29 is 20.3 Å². The van der Waals surface area contributed by atoms with E-state index in [2.05, 4.69) is 31.2 Å². The molecule has 0 radical (unpaired) electrons. The van der Waals surface area contributed by atoms with E-state index >= 15 is 0 Å². The molecule has 0 fully saturated rings. The van der Waals surface area contributed by atoms with Gasteiger partial charge in [-0.05, 0) is 47.4 Å². The molecule has 3 rings (SSSR count). The first-order chi connectivity index (χ1) is 6.34. The first-order valence-corrected chi connectivity index (χ1v) is 5.18. The van der Waals surface area contributed by atoms with Crippen LogP contribution in [0, 0.1) is 0 Å². The molecule has 1 atom stereocenters. The van der Waals surface area contributed by atoms with Crippen molar-refractivity contribution in [1.82, 2.24) is 0 Å². The first-order valence-electron chi connectivity index (χ1n) is 5.18. The van der Waals surface area contributed by atoms with Crippen LogP contribution in [0.1, 0.15) is 42.9 Å². The predicted molar refractivity (Wildman–Crippen MR) is 57.0 cm³/mol. The minimum absolute atomic E-state index is 0. The molecule has 1 heteroatoms. The number of benzene rings is 1. The Hall–Kier alpha value is -0.443. The summed E-state index contributed by atoms with van der Waals surface area (Å²) < 4.78 is 0. The molecule has 0 nitrogen and oxygen atoms in total. The van der Waals surface area contributed by atoms with E-state index in [0.29, 0.717) is 5.92 Å². The Morgan fingerprint density at radius 3 is 2.71 bits per heavy atom. The molecule has 0 spiro atoms. The van der Waals surface area contributed by atoms with Gasteiger partial charge in [0, 0.05) is 0 Å². The Bertz CT molecular complexity index is 396. The van der Waals surface area contributed by atoms with Crippen molar-refractivity contribution in [3.63, 3.8) is 0 Å². The molecule has 68 valence electrons. The maximum absolute atomic E-state index is 2.43. The van der Waals surface area contributed by atoms with Gasteiger partial charge >= 0.3 is 18.9 Å². The van der Waals surface area contributed by atoms with Gasteiger partial charge in [0.05, 0.1) is 0 Å². The van der Waals surface area contributed by atoms with Gasteiger partial charge in [-0.15, -0.1) is 0 Å². The van der Waals surface area contributed by atoms with Gasteiger partial charge in [0.15, 0.2) is 0 Å². The summed E-state index contributed by atoms with van der Waals surface area (Å²) in [6, 6.07) is 4.83. The molecule has 0 aromatic heterocycles. The fraction of sp³-hybridized carbons (Fsp3) is 0.385. The third kappa shape index (κ3) is 1.38. The van der Waals surface area contributed by atoms with Crippen LogP contribution in [0.15, 0.2) is 18.2 Å². The van der Waals surface area contributed by atoms with Crippen LogP contribution in [0.5, 0.6) is 0 Å². The van der Waals surface area contributed by atoms with Crippen molar-refractivity contribution in [3.8, 4) is 0 Å². The number of rotatable bonds is 0. The maximum atomic E-state index is 2.43. The van der Waals surface area contributed by atoms with E-state index < -0.39 is 0 Å². The fourth-order valence-corrected chi connectivity index (χ4v) is 2.55. The molecule has 1 aromatic carbocycles. The van der Waals surface area contributed by atoms with Crippen LogP contribution in [-0.2, 0) is 12.8 Å². The zero-order chi connectivity index (χ0) is 8.84. The SMILES string of the molecule is CC1C=Cc2cc3c(cc21)CCC3.[H-].[Li+]. The second-order valence-electron chi connectivity index (χ2n) is 4.25. The molecule has 2 aliphatic carbocycles. The zero-order valence-electron chi connectivity index (χ0n) is 10.0. The zero-order valence-corrected chi connectivity index (χ0v) is 9.01. The molecule has 14 heavy (non-hydrogen) atoms. The van der Waals surface area contributed by atoms with Crippen LogP contribution < -0.4 is 18.9 Å². The van der Waals surface area contributed by atoms with Gasteiger partial charge in [-0.1, -0.05) is 31.2 Å². The van der Waals surface area contributed by atoms with Gasteiger partial charge in [0.25, 0.3) is 0 Å². The number of fused-ring (bicyclic) bond motifs is 2. The minimum Gasteiger partial charge on any atom is -1.00 e. The third-order valence-corrected chi connectivity index (χ3v) is 3.35. The maximum Gasteiger partial charge on any atom is 1.00 e. The van der Waals surface area contributed by atoms with E-state index in [9.17, 15) is 0 Å². The number of hydrogen-bond donors (Lipinski definition) is 0. The standard InChI is InChI=1S/C13H14.Li.H/c1-9-5-6-12-7-10-3-2-4-11(10)8-13(9)12;;/h5-9H,2-4H2,1H3;;/q;+1;-1. The molecule has 0 N–H and O–H groups in total. The summed E-state index contributed by atoms with van der Waals surface area (Å²) in [5.41, 5.74) is 6.21. The van der Waals surface area contributed by atoms with Crippen molar-refractivity contribution in [1.29, 1.82) is 0 Å². The van der Waals surface area contributed by atoms with Gasteiger partial charge in [-0.25, -0.2) is 0 Å². The van der Waals surface area contributed by atoms with Gasteiger partial charge in [-0.2, -0.15) is 0 Å². The molecule has 1 aromatic rings. The minimum atomic E-state index is 0. The van der Waals surface area contributed by atoms with Crippen LogP contribution in [0.2, 0.25) is 0 Å². The average Bonchev–Trinajstić information content (AvgIpc) is 2.70. The van der Waals surface area contributed by atoms with Gasteiger partial charge < -0.3 is 1.43 Å². The summed E-state index contributed by atoms with van der Waals surface area (Å²) >= 11 is 0. The van der Waals surface area contributed by atoms with Crippen molar-refractivity contribution in [2.45, 2.75) is 32.1 Å². The Labute approximate surface area is 99.1 Å². The Kier molecular flexibility index (Phi) is 2.60. The van der Waals surface area contributed by atoms with Gasteiger partial charge in [0.1, 0.15) is 0 Å². The van der Waals surface area contributed by atoms with Crippen LogP contribution in [-0.4, -0.2) is 0 Å². The van der Waals surface area contributed by atoms with Crippen molar-refractivity contribution in [3.05, 3.63) is 40.5 Å². The van der Waals surface area contributed by atoms with Crippen molar-refractivity contribution in [2.24, 2.45) is 0 Å². The molecule has 0 heterocycles. The molecule has 0 amide bonds. The predicted octanol–water partition coefficient (Wildman–Crippen LogP) is 0.422. The van der Waals surface area contributed by atoms with Crippen LogP contribution in [0.3, 0.4) is 0 Å². The summed E-state index contributed by atoms with van der Waals surface area (Å²) in [5, 5.41) is 0. The summed E-state index contributed by atoms with van der Waals surface area (Å²) in [5.74, 6) is 0.640. The normalized spacial score (nSPS) is 21.6. The summed E-state index contributed by atoms with van der Waals surface area (Å²) in [4.78, 5) is 0. The van der Waals surface area contributed by atoms with Crippen LogP contribution >= 0.6 is 0 Å². The number of aryl methyl sites for hydroxylation is 2. The summed E-state index contributed by atoms with van der Waals surface area (Å²) in [7, 11) is 0. The number of hydrogen-bond acceptors (Lipinski definition) is 0. The second kappa shape index (κ2) is 3.61. The van der Waals surface area contributed by atoms with Gasteiger partial charge in [0.2, 0.25) is 0 Å². The second-order valence-corrected chi connectivity index (χ2v) is 4.25. The van der Waals surface area contributed by atoms with Gasteiger partial charge in [-0.3, -0.25) is 0 Å². The van der Waals surface area contributed by atoms with E-state index in [-0.39, 0.29) is 20.3 Å². The topological polar surface area (TPSA) is 0 Å². The summed E-state index contributed by atoms with van der Waals surface area (Å²) in [6.07, 6.45) is 8.54. The van der Waals surface area contributed by atoms with E-state index in [4.69, 9.17) is 0 Å². The first kappa shape index (κ1) is 10.1. The smallest absolute Gasteiger partial charge is 1.00 e. The molecule has 0 saturated heterocycles. The van der Waals surface area contributed by atoms with Crippen LogP contribution in [0.25, 0.3) is 6.08 Å².